The van der Waals surface area contributed by atoms with Crippen molar-refractivity contribution in [1.29, 1.82) is 0 Å². The molecule has 2 fully saturated rings. The standard InChI is InChI=1S/C18H21N3O4/c1-24-14-3-4-15-12(8-14)7-13(16(22)20-15)9-21-6-2-5-18(11-21)10-19-17(23)25-18/h3-4,7-8H,2,5-6,9-11H2,1H3,(H,19,23)(H,20,22)/t18-/m0/s1. The number of fused-ring (bicyclic) bond motifs is 1. The number of hydrogen-bond donors (Lipinski definition) is 2. The molecule has 0 saturated carbocycles. The number of aromatic nitrogens is 1. The van der Waals surface area contributed by atoms with Crippen molar-refractivity contribution in [2.24, 2.45) is 0 Å². The van der Waals surface area contributed by atoms with Crippen LogP contribution in [0.2, 0.25) is 0 Å². The van der Waals surface area contributed by atoms with E-state index < -0.39 is 5.60 Å². The van der Waals surface area contributed by atoms with Crippen molar-refractivity contribution >= 4 is 17.0 Å². The summed E-state index contributed by atoms with van der Waals surface area (Å²) < 4.78 is 10.8. The van der Waals surface area contributed by atoms with Crippen LogP contribution in [-0.2, 0) is 11.3 Å². The molecule has 2 N–H and O–H groups in total. The highest BCUT2D eigenvalue weighted by Crippen LogP contribution is 2.29. The van der Waals surface area contributed by atoms with Crippen LogP contribution in [0.5, 0.6) is 5.75 Å². The topological polar surface area (TPSA) is 83.7 Å². The Morgan fingerprint density at radius 1 is 1.32 bits per heavy atom. The summed E-state index contributed by atoms with van der Waals surface area (Å²) in [5, 5.41) is 3.68. The van der Waals surface area contributed by atoms with Crippen LogP contribution in [0.4, 0.5) is 4.79 Å². The molecule has 2 aromatic rings. The monoisotopic (exact) mass is 343 g/mol. The molecule has 7 nitrogen and oxygen atoms in total. The average molecular weight is 343 g/mol. The van der Waals surface area contributed by atoms with Gasteiger partial charge in [-0.15, -0.1) is 0 Å². The van der Waals surface area contributed by atoms with Gasteiger partial charge in [0, 0.05) is 29.6 Å². The van der Waals surface area contributed by atoms with Gasteiger partial charge in [-0.1, -0.05) is 0 Å². The van der Waals surface area contributed by atoms with E-state index in [0.29, 0.717) is 25.2 Å². The van der Waals surface area contributed by atoms with E-state index in [2.05, 4.69) is 15.2 Å². The third-order valence-corrected chi connectivity index (χ3v) is 5.00. The highest BCUT2D eigenvalue weighted by molar-refractivity contribution is 5.80. The van der Waals surface area contributed by atoms with Crippen LogP contribution in [0, 0.1) is 0 Å². The fraction of sp³-hybridized carbons (Fsp3) is 0.444. The van der Waals surface area contributed by atoms with Crippen molar-refractivity contribution in [2.75, 3.05) is 26.7 Å². The number of benzene rings is 1. The van der Waals surface area contributed by atoms with Gasteiger partial charge in [-0.3, -0.25) is 9.69 Å². The maximum absolute atomic E-state index is 12.4. The van der Waals surface area contributed by atoms with Crippen LogP contribution in [0.1, 0.15) is 18.4 Å². The van der Waals surface area contributed by atoms with Crippen molar-refractivity contribution in [1.82, 2.24) is 15.2 Å². The van der Waals surface area contributed by atoms with Gasteiger partial charge in [0.05, 0.1) is 13.7 Å². The number of carbonyl (C=O) groups excluding carboxylic acids is 1. The molecule has 1 aromatic heterocycles. The minimum Gasteiger partial charge on any atom is -0.497 e. The number of H-pyrrole nitrogens is 1. The molecule has 1 amide bonds. The third kappa shape index (κ3) is 3.07. The summed E-state index contributed by atoms with van der Waals surface area (Å²) >= 11 is 0. The molecule has 25 heavy (non-hydrogen) atoms. The van der Waals surface area contributed by atoms with Crippen molar-refractivity contribution < 1.29 is 14.3 Å². The molecular weight excluding hydrogens is 322 g/mol. The number of rotatable bonds is 3. The van der Waals surface area contributed by atoms with E-state index in [0.717, 1.165) is 36.0 Å². The third-order valence-electron chi connectivity index (χ3n) is 5.00. The van der Waals surface area contributed by atoms with E-state index in [1.807, 2.05) is 24.3 Å². The van der Waals surface area contributed by atoms with E-state index in [1.54, 1.807) is 7.11 Å². The second kappa shape index (κ2) is 6.07. The Bertz CT molecular complexity index is 878. The summed E-state index contributed by atoms with van der Waals surface area (Å²) in [4.78, 5) is 29.0. The molecule has 2 aliphatic rings. The van der Waals surface area contributed by atoms with Crippen LogP contribution in [-0.4, -0.2) is 48.3 Å². The molecule has 2 aliphatic heterocycles. The summed E-state index contributed by atoms with van der Waals surface area (Å²) in [6, 6.07) is 7.50. The number of carbonyl (C=O) groups is 1. The number of piperidine rings is 1. The zero-order valence-electron chi connectivity index (χ0n) is 14.1. The van der Waals surface area contributed by atoms with Crippen LogP contribution in [0.3, 0.4) is 0 Å². The summed E-state index contributed by atoms with van der Waals surface area (Å²) in [5.41, 5.74) is 0.954. The normalized spacial score (nSPS) is 23.6. The molecule has 0 unspecified atom stereocenters. The van der Waals surface area contributed by atoms with Gasteiger partial charge < -0.3 is 19.8 Å². The van der Waals surface area contributed by atoms with Gasteiger partial charge in [0.15, 0.2) is 0 Å². The number of nitrogens with zero attached hydrogens (tertiary/aromatic N) is 1. The minimum absolute atomic E-state index is 0.0844. The van der Waals surface area contributed by atoms with Crippen molar-refractivity contribution in [3.8, 4) is 5.75 Å². The molecule has 0 aliphatic carbocycles. The van der Waals surface area contributed by atoms with Gasteiger partial charge in [-0.25, -0.2) is 4.79 Å². The number of nitrogens with one attached hydrogen (secondary N) is 2. The Hall–Kier alpha value is -2.54. The molecule has 1 spiro atoms. The van der Waals surface area contributed by atoms with Crippen LogP contribution in [0.15, 0.2) is 29.1 Å². The van der Waals surface area contributed by atoms with Crippen molar-refractivity contribution in [2.45, 2.75) is 25.0 Å². The van der Waals surface area contributed by atoms with Gasteiger partial charge in [0.2, 0.25) is 0 Å². The summed E-state index contributed by atoms with van der Waals surface area (Å²) in [6.45, 7) is 2.59. The maximum Gasteiger partial charge on any atom is 0.407 e. The average Bonchev–Trinajstić information content (AvgIpc) is 2.95. The fourth-order valence-electron chi connectivity index (χ4n) is 3.77. The lowest BCUT2D eigenvalue weighted by Gasteiger charge is -2.38. The predicted molar refractivity (Wildman–Crippen MR) is 92.8 cm³/mol. The molecule has 2 saturated heterocycles. The number of amides is 1. The van der Waals surface area contributed by atoms with Gasteiger partial charge in [0.1, 0.15) is 11.4 Å². The minimum atomic E-state index is -0.456. The Morgan fingerprint density at radius 3 is 2.96 bits per heavy atom. The first kappa shape index (κ1) is 16.0. The number of alkyl carbamates (subject to hydrolysis) is 1. The number of ether oxygens (including phenoxy) is 2. The number of pyridine rings is 1. The fourth-order valence-corrected chi connectivity index (χ4v) is 3.77. The second-order valence-electron chi connectivity index (χ2n) is 6.82. The Morgan fingerprint density at radius 2 is 2.20 bits per heavy atom. The van der Waals surface area contributed by atoms with Crippen molar-refractivity contribution in [3.63, 3.8) is 0 Å². The largest absolute Gasteiger partial charge is 0.497 e. The Kier molecular flexibility index (Phi) is 3.88. The van der Waals surface area contributed by atoms with Gasteiger partial charge in [-0.05, 0) is 43.7 Å². The van der Waals surface area contributed by atoms with E-state index in [-0.39, 0.29) is 11.7 Å². The lowest BCUT2D eigenvalue weighted by Crippen LogP contribution is -2.50. The van der Waals surface area contributed by atoms with Crippen molar-refractivity contribution in [3.05, 3.63) is 40.2 Å². The number of aromatic amines is 1. The molecule has 0 bridgehead atoms. The van der Waals surface area contributed by atoms with Gasteiger partial charge in [-0.2, -0.15) is 0 Å². The molecule has 7 heteroatoms. The SMILES string of the molecule is COc1ccc2[nH]c(=O)c(CN3CCC[C@]4(CNC(=O)O4)C3)cc2c1. The highest BCUT2D eigenvalue weighted by Gasteiger charge is 2.43. The molecule has 4 rings (SSSR count). The molecular formula is C18H21N3O4. The Balaban J connectivity index is 1.58. The summed E-state index contributed by atoms with van der Waals surface area (Å²) in [7, 11) is 1.62. The maximum atomic E-state index is 12.4. The van der Waals surface area contributed by atoms with E-state index >= 15 is 0 Å². The first-order valence-corrected chi connectivity index (χ1v) is 8.46. The van der Waals surface area contributed by atoms with Crippen LogP contribution >= 0.6 is 0 Å². The lowest BCUT2D eigenvalue weighted by atomic mass is 9.93. The number of likely N-dealkylation sites (tertiary alicyclic amines) is 1. The second-order valence-corrected chi connectivity index (χ2v) is 6.82. The summed E-state index contributed by atoms with van der Waals surface area (Å²) in [5.74, 6) is 0.756. The molecule has 1 atom stereocenters. The molecule has 3 heterocycles. The zero-order valence-corrected chi connectivity index (χ0v) is 14.1. The number of methoxy groups -OCH3 is 1. The Labute approximate surface area is 144 Å². The highest BCUT2D eigenvalue weighted by atomic mass is 16.6. The molecule has 0 radical (unpaired) electrons. The van der Waals surface area contributed by atoms with E-state index in [9.17, 15) is 9.59 Å². The van der Waals surface area contributed by atoms with Crippen LogP contribution < -0.4 is 15.6 Å². The lowest BCUT2D eigenvalue weighted by molar-refractivity contribution is -0.0112. The zero-order chi connectivity index (χ0) is 17.4. The first-order valence-electron chi connectivity index (χ1n) is 8.46. The predicted octanol–water partition coefficient (Wildman–Crippen LogP) is 1.61. The summed E-state index contributed by atoms with van der Waals surface area (Å²) in [6.07, 6.45) is 1.44. The number of hydrogen-bond acceptors (Lipinski definition) is 5. The van der Waals surface area contributed by atoms with Crippen LogP contribution in [0.25, 0.3) is 10.9 Å². The van der Waals surface area contributed by atoms with E-state index in [4.69, 9.17) is 9.47 Å². The molecule has 132 valence electrons. The van der Waals surface area contributed by atoms with Gasteiger partial charge in [0.25, 0.3) is 5.56 Å². The first-order chi connectivity index (χ1) is 12.1. The molecule has 1 aromatic carbocycles. The smallest absolute Gasteiger partial charge is 0.407 e. The van der Waals surface area contributed by atoms with Gasteiger partial charge >= 0.3 is 6.09 Å². The quantitative estimate of drug-likeness (QED) is 0.885. The van der Waals surface area contributed by atoms with E-state index in [1.165, 1.54) is 0 Å².